The highest BCUT2D eigenvalue weighted by atomic mass is 16.4. The lowest BCUT2D eigenvalue weighted by molar-refractivity contribution is -0.137. The second kappa shape index (κ2) is 14.5. The summed E-state index contributed by atoms with van der Waals surface area (Å²) in [6.07, 6.45) is 11.8. The fraction of sp³-hybridized carbons (Fsp3) is 0.824. The maximum absolute atomic E-state index is 11.6. The van der Waals surface area contributed by atoms with Gasteiger partial charge in [0.25, 0.3) is 0 Å². The molecular formula is C17H31NO4. The van der Waals surface area contributed by atoms with Gasteiger partial charge in [0.1, 0.15) is 6.29 Å². The highest BCUT2D eigenvalue weighted by molar-refractivity contribution is 5.79. The zero-order valence-electron chi connectivity index (χ0n) is 13.8. The van der Waals surface area contributed by atoms with Crippen molar-refractivity contribution in [2.24, 2.45) is 0 Å². The molecule has 0 saturated carbocycles. The molecule has 1 atom stereocenters. The number of rotatable bonds is 15. The van der Waals surface area contributed by atoms with Crippen molar-refractivity contribution in [2.45, 2.75) is 90.0 Å². The van der Waals surface area contributed by atoms with Crippen LogP contribution in [0, 0.1) is 0 Å². The molecule has 5 nitrogen and oxygen atoms in total. The van der Waals surface area contributed by atoms with Crippen LogP contribution >= 0.6 is 0 Å². The molecule has 0 heterocycles. The highest BCUT2D eigenvalue weighted by Gasteiger charge is 2.12. The van der Waals surface area contributed by atoms with Crippen molar-refractivity contribution in [1.29, 1.82) is 0 Å². The average molecular weight is 313 g/mol. The summed E-state index contributed by atoms with van der Waals surface area (Å²) < 4.78 is 0. The minimum Gasteiger partial charge on any atom is -0.481 e. The van der Waals surface area contributed by atoms with Crippen LogP contribution in [0.15, 0.2) is 0 Å². The predicted molar refractivity (Wildman–Crippen MR) is 86.7 cm³/mol. The van der Waals surface area contributed by atoms with E-state index in [2.05, 4.69) is 12.2 Å². The SMILES string of the molecule is CCCCCCCCCCCC(=O)N[C@H](C=O)CCC(=O)O. The van der Waals surface area contributed by atoms with Crippen LogP contribution in [0.2, 0.25) is 0 Å². The van der Waals surface area contributed by atoms with Crippen LogP contribution in [0.4, 0.5) is 0 Å². The first-order valence-corrected chi connectivity index (χ1v) is 8.56. The number of carbonyl (C=O) groups is 3. The van der Waals surface area contributed by atoms with Crippen LogP contribution in [-0.4, -0.2) is 29.3 Å². The summed E-state index contributed by atoms with van der Waals surface area (Å²) in [4.78, 5) is 32.8. The monoisotopic (exact) mass is 313 g/mol. The van der Waals surface area contributed by atoms with Crippen LogP contribution in [0.3, 0.4) is 0 Å². The molecule has 128 valence electrons. The summed E-state index contributed by atoms with van der Waals surface area (Å²) >= 11 is 0. The normalized spacial score (nSPS) is 11.9. The molecule has 0 unspecified atom stereocenters. The summed E-state index contributed by atoms with van der Waals surface area (Å²) in [7, 11) is 0. The number of carboxylic acids is 1. The van der Waals surface area contributed by atoms with E-state index in [-0.39, 0.29) is 18.7 Å². The van der Waals surface area contributed by atoms with Crippen molar-refractivity contribution in [2.75, 3.05) is 0 Å². The lowest BCUT2D eigenvalue weighted by atomic mass is 10.1. The summed E-state index contributed by atoms with van der Waals surface area (Å²) in [5, 5.41) is 11.1. The Morgan fingerprint density at radius 3 is 2.00 bits per heavy atom. The number of nitrogens with one attached hydrogen (secondary N) is 1. The van der Waals surface area contributed by atoms with Gasteiger partial charge in [0, 0.05) is 12.8 Å². The van der Waals surface area contributed by atoms with Gasteiger partial charge in [0.2, 0.25) is 5.91 Å². The van der Waals surface area contributed by atoms with E-state index in [0.29, 0.717) is 12.7 Å². The number of carbonyl (C=O) groups excluding carboxylic acids is 2. The second-order valence-corrected chi connectivity index (χ2v) is 5.82. The van der Waals surface area contributed by atoms with Crippen molar-refractivity contribution in [3.05, 3.63) is 0 Å². The van der Waals surface area contributed by atoms with Gasteiger partial charge in [-0.05, 0) is 12.8 Å². The molecule has 0 aliphatic carbocycles. The fourth-order valence-corrected chi connectivity index (χ4v) is 2.33. The van der Waals surface area contributed by atoms with Gasteiger partial charge < -0.3 is 15.2 Å². The molecule has 0 spiro atoms. The largest absolute Gasteiger partial charge is 0.481 e. The summed E-state index contributed by atoms with van der Waals surface area (Å²) in [5.41, 5.74) is 0. The molecule has 22 heavy (non-hydrogen) atoms. The molecule has 0 fully saturated rings. The first-order chi connectivity index (χ1) is 10.6. The molecule has 0 rings (SSSR count). The van der Waals surface area contributed by atoms with Gasteiger partial charge in [-0.3, -0.25) is 9.59 Å². The number of aldehydes is 1. The third kappa shape index (κ3) is 13.6. The Bertz CT molecular complexity index is 318. The van der Waals surface area contributed by atoms with Crippen molar-refractivity contribution >= 4 is 18.2 Å². The van der Waals surface area contributed by atoms with Crippen LogP contribution in [0.1, 0.15) is 84.0 Å². The van der Waals surface area contributed by atoms with Gasteiger partial charge in [-0.15, -0.1) is 0 Å². The zero-order valence-corrected chi connectivity index (χ0v) is 13.8. The van der Waals surface area contributed by atoms with Crippen molar-refractivity contribution < 1.29 is 19.5 Å². The Hall–Kier alpha value is -1.39. The minimum absolute atomic E-state index is 0.109. The molecule has 0 aliphatic rings. The van der Waals surface area contributed by atoms with E-state index in [1.807, 2.05) is 0 Å². The summed E-state index contributed by atoms with van der Waals surface area (Å²) in [6.45, 7) is 2.21. The quantitative estimate of drug-likeness (QED) is 0.358. The van der Waals surface area contributed by atoms with E-state index in [4.69, 9.17) is 5.11 Å². The van der Waals surface area contributed by atoms with E-state index < -0.39 is 12.0 Å². The van der Waals surface area contributed by atoms with Crippen LogP contribution in [0.25, 0.3) is 0 Å². The number of aliphatic carboxylic acids is 1. The van der Waals surface area contributed by atoms with Crippen molar-refractivity contribution in [3.63, 3.8) is 0 Å². The van der Waals surface area contributed by atoms with Crippen LogP contribution < -0.4 is 5.32 Å². The Morgan fingerprint density at radius 1 is 0.955 bits per heavy atom. The third-order valence-electron chi connectivity index (χ3n) is 3.69. The first kappa shape index (κ1) is 20.6. The number of hydrogen-bond donors (Lipinski definition) is 2. The Labute approximate surface area is 133 Å². The summed E-state index contributed by atoms with van der Waals surface area (Å²) in [5.74, 6) is -1.12. The molecule has 0 radical (unpaired) electrons. The van der Waals surface area contributed by atoms with Gasteiger partial charge in [-0.25, -0.2) is 0 Å². The van der Waals surface area contributed by atoms with E-state index in [1.54, 1.807) is 0 Å². The maximum Gasteiger partial charge on any atom is 0.303 e. The Morgan fingerprint density at radius 2 is 1.50 bits per heavy atom. The standard InChI is InChI=1S/C17H31NO4/c1-2-3-4-5-6-7-8-9-10-11-16(20)18-15(14-19)12-13-17(21)22/h14-15H,2-13H2,1H3,(H,18,20)(H,21,22)/t15-/m0/s1. The summed E-state index contributed by atoms with van der Waals surface area (Å²) in [6, 6.07) is -0.679. The first-order valence-electron chi connectivity index (χ1n) is 8.56. The van der Waals surface area contributed by atoms with Gasteiger partial charge in [0.05, 0.1) is 6.04 Å². The van der Waals surface area contributed by atoms with Gasteiger partial charge >= 0.3 is 5.97 Å². The Balaban J connectivity index is 3.51. The lowest BCUT2D eigenvalue weighted by Crippen LogP contribution is -2.36. The molecule has 0 aromatic heterocycles. The molecule has 1 amide bonds. The van der Waals surface area contributed by atoms with E-state index in [0.717, 1.165) is 19.3 Å². The number of hydrogen-bond acceptors (Lipinski definition) is 3. The predicted octanol–water partition coefficient (Wildman–Crippen LogP) is 3.46. The van der Waals surface area contributed by atoms with E-state index in [9.17, 15) is 14.4 Å². The molecule has 0 bridgehead atoms. The van der Waals surface area contributed by atoms with Gasteiger partial charge in [0.15, 0.2) is 0 Å². The van der Waals surface area contributed by atoms with Gasteiger partial charge in [-0.2, -0.15) is 0 Å². The topological polar surface area (TPSA) is 83.5 Å². The number of carboxylic acid groups (broad SMARTS) is 1. The highest BCUT2D eigenvalue weighted by Crippen LogP contribution is 2.10. The van der Waals surface area contributed by atoms with E-state index >= 15 is 0 Å². The fourth-order valence-electron chi connectivity index (χ4n) is 2.33. The third-order valence-corrected chi connectivity index (χ3v) is 3.69. The molecule has 0 saturated heterocycles. The smallest absolute Gasteiger partial charge is 0.303 e. The molecule has 0 aromatic carbocycles. The van der Waals surface area contributed by atoms with Gasteiger partial charge in [-0.1, -0.05) is 58.3 Å². The zero-order chi connectivity index (χ0) is 16.6. The average Bonchev–Trinajstić information content (AvgIpc) is 2.49. The van der Waals surface area contributed by atoms with Crippen LogP contribution in [0.5, 0.6) is 0 Å². The molecule has 0 aromatic rings. The molecular weight excluding hydrogens is 282 g/mol. The molecule has 0 aliphatic heterocycles. The van der Waals surface area contributed by atoms with Crippen LogP contribution in [-0.2, 0) is 14.4 Å². The Kier molecular flexibility index (Phi) is 13.6. The lowest BCUT2D eigenvalue weighted by Gasteiger charge is -2.11. The molecule has 5 heteroatoms. The second-order valence-electron chi connectivity index (χ2n) is 5.82. The number of unbranched alkanes of at least 4 members (excludes halogenated alkanes) is 8. The maximum atomic E-state index is 11.6. The number of amides is 1. The molecule has 2 N–H and O–H groups in total. The minimum atomic E-state index is -0.958. The van der Waals surface area contributed by atoms with Crippen molar-refractivity contribution in [3.8, 4) is 0 Å². The van der Waals surface area contributed by atoms with Crippen molar-refractivity contribution in [1.82, 2.24) is 5.32 Å². The van der Waals surface area contributed by atoms with E-state index in [1.165, 1.54) is 38.5 Å².